The largest absolute Gasteiger partial charge is 0.451 e. The van der Waals surface area contributed by atoms with E-state index >= 15 is 0 Å². The summed E-state index contributed by atoms with van der Waals surface area (Å²) in [6, 6.07) is 5.73. The number of aromatic nitrogens is 1. The molecule has 0 saturated carbocycles. The molecule has 0 atom stereocenters. The van der Waals surface area contributed by atoms with Gasteiger partial charge in [0, 0.05) is 39.8 Å². The van der Waals surface area contributed by atoms with Crippen LogP contribution in [0.5, 0.6) is 0 Å². The lowest BCUT2D eigenvalue weighted by atomic mass is 10.1. The fourth-order valence-electron chi connectivity index (χ4n) is 3.14. The molecule has 5 nitrogen and oxygen atoms in total. The van der Waals surface area contributed by atoms with Gasteiger partial charge in [-0.1, -0.05) is 22.9 Å². The number of hydrogen-bond donors (Lipinski definition) is 1. The number of likely N-dealkylation sites (N-methyl/N-ethyl adjacent to an activating group) is 1. The molecule has 0 spiro atoms. The Labute approximate surface area is 158 Å². The number of fused-ring (bicyclic) bond motifs is 2. The molecule has 7 heteroatoms. The van der Waals surface area contributed by atoms with Crippen LogP contribution < -0.4 is 5.32 Å². The van der Waals surface area contributed by atoms with Gasteiger partial charge in [0.2, 0.25) is 0 Å². The van der Waals surface area contributed by atoms with E-state index < -0.39 is 0 Å². The molecule has 130 valence electrons. The minimum atomic E-state index is -0.247. The van der Waals surface area contributed by atoms with E-state index in [0.717, 1.165) is 47.2 Å². The predicted molar refractivity (Wildman–Crippen MR) is 103 cm³/mol. The lowest BCUT2D eigenvalue weighted by Crippen LogP contribution is -2.29. The second-order valence-electron chi connectivity index (χ2n) is 6.16. The SMILES string of the molecule is CCN1CCc2nc(NC(=O)c3oc4ccc(Br)cc4c3C)sc2C1. The van der Waals surface area contributed by atoms with Crippen LogP contribution in [-0.4, -0.2) is 28.9 Å². The van der Waals surface area contributed by atoms with Crippen molar-refractivity contribution in [2.45, 2.75) is 26.8 Å². The lowest BCUT2D eigenvalue weighted by molar-refractivity contribution is 0.0998. The van der Waals surface area contributed by atoms with Gasteiger partial charge in [-0.3, -0.25) is 15.0 Å². The Morgan fingerprint density at radius 1 is 1.48 bits per heavy atom. The summed E-state index contributed by atoms with van der Waals surface area (Å²) in [6.45, 7) is 7.04. The molecule has 0 aliphatic carbocycles. The van der Waals surface area contributed by atoms with Crippen LogP contribution in [0.3, 0.4) is 0 Å². The Hall–Kier alpha value is -1.70. The van der Waals surface area contributed by atoms with E-state index in [2.05, 4.69) is 38.1 Å². The molecule has 0 bridgehead atoms. The zero-order valence-electron chi connectivity index (χ0n) is 14.1. The minimum Gasteiger partial charge on any atom is -0.451 e. The molecule has 1 aromatic carbocycles. The number of nitrogens with one attached hydrogen (secondary N) is 1. The maximum absolute atomic E-state index is 12.7. The van der Waals surface area contributed by atoms with Crippen molar-refractivity contribution in [1.29, 1.82) is 0 Å². The number of carbonyl (C=O) groups excluding carboxylic acids is 1. The van der Waals surface area contributed by atoms with Crippen LogP contribution in [0.1, 0.15) is 33.6 Å². The van der Waals surface area contributed by atoms with Crippen LogP contribution in [0, 0.1) is 6.92 Å². The highest BCUT2D eigenvalue weighted by atomic mass is 79.9. The second-order valence-corrected chi connectivity index (χ2v) is 8.16. The van der Waals surface area contributed by atoms with Gasteiger partial charge in [0.1, 0.15) is 5.58 Å². The van der Waals surface area contributed by atoms with Crippen molar-refractivity contribution in [3.63, 3.8) is 0 Å². The molecule has 1 N–H and O–H groups in total. The Kier molecular flexibility index (Phi) is 4.39. The zero-order chi connectivity index (χ0) is 17.6. The maximum atomic E-state index is 12.7. The Balaban J connectivity index is 1.59. The van der Waals surface area contributed by atoms with Gasteiger partial charge in [-0.15, -0.1) is 11.3 Å². The van der Waals surface area contributed by atoms with Crippen LogP contribution in [0.4, 0.5) is 5.13 Å². The molecular formula is C18H18BrN3O2S. The summed E-state index contributed by atoms with van der Waals surface area (Å²) in [5.41, 5.74) is 2.66. The molecule has 4 rings (SSSR count). The lowest BCUT2D eigenvalue weighted by Gasteiger charge is -2.23. The molecule has 2 aromatic heterocycles. The minimum absolute atomic E-state index is 0.247. The molecule has 1 aliphatic heterocycles. The molecule has 0 fully saturated rings. The van der Waals surface area contributed by atoms with Crippen molar-refractivity contribution in [1.82, 2.24) is 9.88 Å². The maximum Gasteiger partial charge on any atom is 0.293 e. The summed E-state index contributed by atoms with van der Waals surface area (Å²) >= 11 is 5.01. The van der Waals surface area contributed by atoms with Crippen molar-refractivity contribution in [3.05, 3.63) is 44.6 Å². The van der Waals surface area contributed by atoms with Gasteiger partial charge < -0.3 is 4.42 Å². The Bertz CT molecular complexity index is 963. The molecule has 0 saturated heterocycles. The number of carbonyl (C=O) groups is 1. The van der Waals surface area contributed by atoms with Crippen LogP contribution >= 0.6 is 27.3 Å². The van der Waals surface area contributed by atoms with Gasteiger partial charge in [-0.2, -0.15) is 0 Å². The van der Waals surface area contributed by atoms with Gasteiger partial charge in [0.25, 0.3) is 5.91 Å². The number of anilines is 1. The van der Waals surface area contributed by atoms with Crippen LogP contribution in [0.25, 0.3) is 11.0 Å². The summed E-state index contributed by atoms with van der Waals surface area (Å²) in [5.74, 6) is 0.0970. The van der Waals surface area contributed by atoms with Gasteiger partial charge in [-0.05, 0) is 31.7 Å². The number of nitrogens with zero attached hydrogens (tertiary/aromatic N) is 2. The van der Waals surface area contributed by atoms with Crippen molar-refractivity contribution in [2.75, 3.05) is 18.4 Å². The smallest absolute Gasteiger partial charge is 0.293 e. The number of rotatable bonds is 3. The van der Waals surface area contributed by atoms with E-state index in [-0.39, 0.29) is 5.91 Å². The van der Waals surface area contributed by atoms with E-state index in [1.54, 1.807) is 11.3 Å². The predicted octanol–water partition coefficient (Wildman–Crippen LogP) is 4.59. The zero-order valence-corrected chi connectivity index (χ0v) is 16.5. The van der Waals surface area contributed by atoms with E-state index in [0.29, 0.717) is 16.5 Å². The Morgan fingerprint density at radius 2 is 2.32 bits per heavy atom. The summed E-state index contributed by atoms with van der Waals surface area (Å²) in [4.78, 5) is 20.9. The molecule has 0 radical (unpaired) electrons. The first-order valence-electron chi connectivity index (χ1n) is 8.26. The number of thiazole rings is 1. The van der Waals surface area contributed by atoms with E-state index in [9.17, 15) is 4.79 Å². The quantitative estimate of drug-likeness (QED) is 0.674. The highest BCUT2D eigenvalue weighted by Gasteiger charge is 2.23. The molecular weight excluding hydrogens is 402 g/mol. The third kappa shape index (κ3) is 3.12. The van der Waals surface area contributed by atoms with E-state index in [4.69, 9.17) is 4.42 Å². The molecule has 25 heavy (non-hydrogen) atoms. The Morgan fingerprint density at radius 3 is 3.12 bits per heavy atom. The van der Waals surface area contributed by atoms with Crippen LogP contribution in [-0.2, 0) is 13.0 Å². The first kappa shape index (κ1) is 16.8. The summed E-state index contributed by atoms with van der Waals surface area (Å²) in [5, 5.41) is 4.50. The van der Waals surface area contributed by atoms with Gasteiger partial charge >= 0.3 is 0 Å². The highest BCUT2D eigenvalue weighted by molar-refractivity contribution is 9.10. The van der Waals surface area contributed by atoms with Crippen molar-refractivity contribution >= 4 is 49.3 Å². The van der Waals surface area contributed by atoms with Crippen LogP contribution in [0.2, 0.25) is 0 Å². The van der Waals surface area contributed by atoms with Crippen molar-refractivity contribution < 1.29 is 9.21 Å². The second kappa shape index (κ2) is 6.55. The fraction of sp³-hybridized carbons (Fsp3) is 0.333. The van der Waals surface area contributed by atoms with Gasteiger partial charge in [-0.25, -0.2) is 4.98 Å². The summed E-state index contributed by atoms with van der Waals surface area (Å²) in [6.07, 6.45) is 0.938. The average Bonchev–Trinajstić information content (AvgIpc) is 3.14. The normalized spacial score (nSPS) is 14.7. The number of hydrogen-bond acceptors (Lipinski definition) is 5. The summed E-state index contributed by atoms with van der Waals surface area (Å²) < 4.78 is 6.72. The standard InChI is InChI=1S/C18H18BrN3O2S/c1-3-22-7-6-13-15(9-22)25-18(20-13)21-17(23)16-10(2)12-8-11(19)4-5-14(12)24-16/h4-5,8H,3,6-7,9H2,1-2H3,(H,20,21,23). The van der Waals surface area contributed by atoms with Crippen molar-refractivity contribution in [2.24, 2.45) is 0 Å². The molecule has 3 aromatic rings. The molecule has 1 amide bonds. The van der Waals surface area contributed by atoms with Gasteiger partial charge in [0.15, 0.2) is 10.9 Å². The molecule has 0 unspecified atom stereocenters. The van der Waals surface area contributed by atoms with E-state index in [1.807, 2.05) is 25.1 Å². The van der Waals surface area contributed by atoms with Crippen LogP contribution in [0.15, 0.2) is 27.1 Å². The average molecular weight is 420 g/mol. The number of furan rings is 1. The molecule has 3 heterocycles. The number of benzene rings is 1. The van der Waals surface area contributed by atoms with E-state index in [1.165, 1.54) is 4.88 Å². The number of aryl methyl sites for hydroxylation is 1. The van der Waals surface area contributed by atoms with Crippen molar-refractivity contribution in [3.8, 4) is 0 Å². The monoisotopic (exact) mass is 419 g/mol. The molecule has 1 aliphatic rings. The number of amides is 1. The third-order valence-electron chi connectivity index (χ3n) is 4.58. The first-order valence-corrected chi connectivity index (χ1v) is 9.87. The fourth-order valence-corrected chi connectivity index (χ4v) is 4.54. The number of halogens is 1. The highest BCUT2D eigenvalue weighted by Crippen LogP contribution is 2.31. The topological polar surface area (TPSA) is 58.4 Å². The summed E-state index contributed by atoms with van der Waals surface area (Å²) in [7, 11) is 0. The third-order valence-corrected chi connectivity index (χ3v) is 6.07. The van der Waals surface area contributed by atoms with Gasteiger partial charge in [0.05, 0.1) is 5.69 Å². The first-order chi connectivity index (χ1) is 12.0.